The van der Waals surface area contributed by atoms with Gasteiger partial charge >= 0.3 is 5.97 Å². The highest BCUT2D eigenvalue weighted by molar-refractivity contribution is 8.01. The summed E-state index contributed by atoms with van der Waals surface area (Å²) >= 11 is 3.31. The Morgan fingerprint density at radius 1 is 1.48 bits per heavy atom. The summed E-state index contributed by atoms with van der Waals surface area (Å²) in [6.07, 6.45) is 1.55. The predicted octanol–water partition coefficient (Wildman–Crippen LogP) is 3.83. The van der Waals surface area contributed by atoms with Crippen molar-refractivity contribution in [2.24, 2.45) is 0 Å². The maximum absolute atomic E-state index is 12.1. The molecule has 0 saturated carbocycles. The molecule has 0 aliphatic carbocycles. The average Bonchev–Trinajstić information content (AvgIpc) is 3.12. The SMILES string of the molecule is COC(=O)c1c(N)c(C#N)cn1-c1ccc2nc(SC(C)C)sc2c1. The molecule has 0 radical (unpaired) electrons. The van der Waals surface area contributed by atoms with Crippen LogP contribution in [0.25, 0.3) is 15.9 Å². The van der Waals surface area contributed by atoms with Crippen molar-refractivity contribution < 1.29 is 9.53 Å². The number of carbonyl (C=O) groups excluding carboxylic acids is 1. The zero-order valence-corrected chi connectivity index (χ0v) is 15.6. The van der Waals surface area contributed by atoms with Crippen LogP contribution in [0.2, 0.25) is 0 Å². The van der Waals surface area contributed by atoms with Crippen LogP contribution in [0.4, 0.5) is 5.69 Å². The monoisotopic (exact) mass is 372 g/mol. The van der Waals surface area contributed by atoms with Gasteiger partial charge in [-0.25, -0.2) is 9.78 Å². The van der Waals surface area contributed by atoms with Crippen LogP contribution in [0.15, 0.2) is 28.7 Å². The summed E-state index contributed by atoms with van der Waals surface area (Å²) in [5, 5.41) is 9.66. The predicted molar refractivity (Wildman–Crippen MR) is 100 cm³/mol. The number of hydrogen-bond acceptors (Lipinski definition) is 7. The topological polar surface area (TPSA) is 93.9 Å². The Balaban J connectivity index is 2.13. The molecule has 0 saturated heterocycles. The number of ether oxygens (including phenoxy) is 1. The molecule has 6 nitrogen and oxygen atoms in total. The number of methoxy groups -OCH3 is 1. The van der Waals surface area contributed by atoms with E-state index in [9.17, 15) is 10.1 Å². The van der Waals surface area contributed by atoms with E-state index in [1.165, 1.54) is 7.11 Å². The highest BCUT2D eigenvalue weighted by Crippen LogP contribution is 2.34. The van der Waals surface area contributed by atoms with Gasteiger partial charge in [0.1, 0.15) is 6.07 Å². The molecule has 0 aliphatic rings. The Hall–Kier alpha value is -2.50. The Bertz CT molecular complexity index is 998. The highest BCUT2D eigenvalue weighted by atomic mass is 32.2. The average molecular weight is 372 g/mol. The molecule has 1 aromatic carbocycles. The van der Waals surface area contributed by atoms with Crippen molar-refractivity contribution >= 4 is 45.0 Å². The molecule has 3 aromatic rings. The van der Waals surface area contributed by atoms with E-state index in [1.807, 2.05) is 24.3 Å². The number of benzene rings is 1. The van der Waals surface area contributed by atoms with E-state index in [-0.39, 0.29) is 16.9 Å². The van der Waals surface area contributed by atoms with Crippen molar-refractivity contribution in [1.82, 2.24) is 9.55 Å². The van der Waals surface area contributed by atoms with Crippen molar-refractivity contribution in [1.29, 1.82) is 5.26 Å². The molecule has 0 amide bonds. The fourth-order valence-corrected chi connectivity index (χ4v) is 4.74. The van der Waals surface area contributed by atoms with E-state index in [0.717, 1.165) is 20.2 Å². The molecule has 128 valence electrons. The molecule has 0 unspecified atom stereocenters. The molecular formula is C17H16N4O2S2. The second kappa shape index (κ2) is 6.78. The molecular weight excluding hydrogens is 356 g/mol. The maximum atomic E-state index is 12.1. The van der Waals surface area contributed by atoms with Crippen molar-refractivity contribution in [3.05, 3.63) is 35.7 Å². The number of thiazole rings is 1. The lowest BCUT2D eigenvalue weighted by molar-refractivity contribution is 0.0593. The van der Waals surface area contributed by atoms with Gasteiger partial charge in [0.25, 0.3) is 0 Å². The lowest BCUT2D eigenvalue weighted by Gasteiger charge is -2.08. The minimum Gasteiger partial charge on any atom is -0.464 e. The summed E-state index contributed by atoms with van der Waals surface area (Å²) in [5.41, 5.74) is 8.08. The molecule has 3 rings (SSSR count). The largest absolute Gasteiger partial charge is 0.464 e. The number of nitrogen functional groups attached to an aromatic ring is 1. The minimum absolute atomic E-state index is 0.120. The van der Waals surface area contributed by atoms with E-state index in [0.29, 0.717) is 5.25 Å². The number of anilines is 1. The number of esters is 1. The fourth-order valence-electron chi connectivity index (χ4n) is 2.41. The lowest BCUT2D eigenvalue weighted by Crippen LogP contribution is -2.11. The number of nitrogens with two attached hydrogens (primary N) is 1. The molecule has 0 atom stereocenters. The summed E-state index contributed by atoms with van der Waals surface area (Å²) in [4.78, 5) is 16.7. The van der Waals surface area contributed by atoms with E-state index in [4.69, 9.17) is 10.5 Å². The second-order valence-corrected chi connectivity index (χ2v) is 8.43. The number of fused-ring (bicyclic) bond motifs is 1. The quantitative estimate of drug-likeness (QED) is 0.552. The van der Waals surface area contributed by atoms with Crippen LogP contribution in [0.3, 0.4) is 0 Å². The number of hydrogen-bond donors (Lipinski definition) is 1. The van der Waals surface area contributed by atoms with Gasteiger partial charge in [0.15, 0.2) is 10.0 Å². The minimum atomic E-state index is -0.584. The van der Waals surface area contributed by atoms with Gasteiger partial charge < -0.3 is 15.0 Å². The number of thioether (sulfide) groups is 1. The third-order valence-electron chi connectivity index (χ3n) is 3.51. The summed E-state index contributed by atoms with van der Waals surface area (Å²) in [5.74, 6) is -0.584. The summed E-state index contributed by atoms with van der Waals surface area (Å²) in [6.45, 7) is 4.24. The number of nitriles is 1. The first kappa shape index (κ1) is 17.3. The van der Waals surface area contributed by atoms with E-state index >= 15 is 0 Å². The first-order valence-electron chi connectivity index (χ1n) is 7.51. The van der Waals surface area contributed by atoms with Crippen LogP contribution in [-0.4, -0.2) is 27.9 Å². The molecule has 2 heterocycles. The van der Waals surface area contributed by atoms with E-state index in [1.54, 1.807) is 33.9 Å². The van der Waals surface area contributed by atoms with E-state index in [2.05, 4.69) is 18.8 Å². The molecule has 25 heavy (non-hydrogen) atoms. The Morgan fingerprint density at radius 3 is 2.88 bits per heavy atom. The smallest absolute Gasteiger partial charge is 0.357 e. The van der Waals surface area contributed by atoms with Crippen LogP contribution in [0.1, 0.15) is 29.9 Å². The van der Waals surface area contributed by atoms with Gasteiger partial charge in [-0.3, -0.25) is 0 Å². The van der Waals surface area contributed by atoms with Crippen LogP contribution in [-0.2, 0) is 4.74 Å². The molecule has 0 bridgehead atoms. The maximum Gasteiger partial charge on any atom is 0.357 e. The molecule has 2 aromatic heterocycles. The number of rotatable bonds is 4. The molecule has 0 fully saturated rings. The van der Waals surface area contributed by atoms with Crippen molar-refractivity contribution in [3.63, 3.8) is 0 Å². The van der Waals surface area contributed by atoms with Crippen LogP contribution < -0.4 is 5.73 Å². The first-order valence-corrected chi connectivity index (χ1v) is 9.21. The summed E-state index contributed by atoms with van der Waals surface area (Å²) in [7, 11) is 1.28. The van der Waals surface area contributed by atoms with Gasteiger partial charge in [-0.15, -0.1) is 11.3 Å². The van der Waals surface area contributed by atoms with Gasteiger partial charge in [0.05, 0.1) is 28.6 Å². The van der Waals surface area contributed by atoms with Crippen molar-refractivity contribution in [2.45, 2.75) is 23.4 Å². The molecule has 8 heteroatoms. The molecule has 2 N–H and O–H groups in total. The number of carbonyl (C=O) groups is 1. The number of aromatic nitrogens is 2. The zero-order chi connectivity index (χ0) is 18.1. The first-order chi connectivity index (χ1) is 11.9. The summed E-state index contributed by atoms with van der Waals surface area (Å²) in [6, 6.07) is 7.68. The van der Waals surface area contributed by atoms with Crippen LogP contribution >= 0.6 is 23.1 Å². The lowest BCUT2D eigenvalue weighted by atomic mass is 10.2. The van der Waals surface area contributed by atoms with E-state index < -0.39 is 5.97 Å². The van der Waals surface area contributed by atoms with Gasteiger partial charge in [0, 0.05) is 17.1 Å². The van der Waals surface area contributed by atoms with Gasteiger partial charge in [-0.05, 0) is 18.2 Å². The Labute approximate surface area is 153 Å². The highest BCUT2D eigenvalue weighted by Gasteiger charge is 2.22. The normalized spacial score (nSPS) is 11.0. The summed E-state index contributed by atoms with van der Waals surface area (Å²) < 4.78 is 8.40. The van der Waals surface area contributed by atoms with Gasteiger partial charge in [0.2, 0.25) is 0 Å². The second-order valence-electron chi connectivity index (χ2n) is 5.58. The van der Waals surface area contributed by atoms with Gasteiger partial charge in [-0.1, -0.05) is 25.6 Å². The van der Waals surface area contributed by atoms with Crippen LogP contribution in [0, 0.1) is 11.3 Å². The Kier molecular flexibility index (Phi) is 4.70. The van der Waals surface area contributed by atoms with Crippen molar-refractivity contribution in [3.8, 4) is 11.8 Å². The molecule has 0 spiro atoms. The Morgan fingerprint density at radius 2 is 2.24 bits per heavy atom. The van der Waals surface area contributed by atoms with Crippen molar-refractivity contribution in [2.75, 3.05) is 12.8 Å². The van der Waals surface area contributed by atoms with Crippen LogP contribution in [0.5, 0.6) is 0 Å². The standard InChI is InChI=1S/C17H16N4O2S2/c1-9(2)24-17-20-12-5-4-11(6-13(12)25-17)21-8-10(7-18)14(19)15(21)16(22)23-3/h4-6,8-9H,19H2,1-3H3. The third-order valence-corrected chi connectivity index (χ3v) is 5.63. The fraction of sp³-hybridized carbons (Fsp3) is 0.235. The molecule has 0 aliphatic heterocycles. The zero-order valence-electron chi connectivity index (χ0n) is 13.9. The number of nitrogens with zero attached hydrogens (tertiary/aromatic N) is 3. The third kappa shape index (κ3) is 3.21. The van der Waals surface area contributed by atoms with Gasteiger partial charge in [-0.2, -0.15) is 5.26 Å².